The molecule has 0 amide bonds. The molecule has 0 heterocycles. The van der Waals surface area contributed by atoms with Gasteiger partial charge >= 0.3 is 0 Å². The van der Waals surface area contributed by atoms with E-state index in [1.165, 1.54) is 0 Å². The predicted octanol–water partition coefficient (Wildman–Crippen LogP) is 2.51. The summed E-state index contributed by atoms with van der Waals surface area (Å²) in [6.45, 7) is 7.44. The topological polar surface area (TPSA) is 12.0 Å². The van der Waals surface area contributed by atoms with Gasteiger partial charge in [-0.1, -0.05) is 38.2 Å². The van der Waals surface area contributed by atoms with E-state index in [1.807, 2.05) is 0 Å². The number of allylic oxidation sites excluding steroid dienone is 3. The molecule has 0 aromatic carbocycles. The fourth-order valence-corrected chi connectivity index (χ4v) is 0.835. The number of nitrogens with one attached hydrogen (secondary N) is 1. The molecule has 0 aliphatic heterocycles. The Morgan fingerprint density at radius 1 is 1.27 bits per heavy atom. The maximum Gasteiger partial charge on any atom is 0.0224 e. The maximum absolute atomic E-state index is 3.30. The van der Waals surface area contributed by atoms with E-state index in [9.17, 15) is 0 Å². The Balaban J connectivity index is 3.47. The van der Waals surface area contributed by atoms with Gasteiger partial charge in [0.2, 0.25) is 0 Å². The first kappa shape index (κ1) is 10.4. The standard InChI is InChI=1S/C10H19N/c1-4-6-7-8-9-10(3)11-5-2/h6-11H,4-5H2,1-3H3/b7-6-,9-8?. The molecule has 0 aliphatic carbocycles. The molecule has 0 aliphatic rings. The van der Waals surface area contributed by atoms with E-state index >= 15 is 0 Å². The van der Waals surface area contributed by atoms with Gasteiger partial charge < -0.3 is 5.32 Å². The third kappa shape index (κ3) is 7.34. The second-order valence-electron chi connectivity index (χ2n) is 2.57. The number of rotatable bonds is 5. The van der Waals surface area contributed by atoms with Crippen molar-refractivity contribution in [1.29, 1.82) is 0 Å². The SMILES string of the molecule is CC/C=C\C=CC(C)NCC. The van der Waals surface area contributed by atoms with Crippen LogP contribution in [0.2, 0.25) is 0 Å². The zero-order valence-corrected chi connectivity index (χ0v) is 7.80. The van der Waals surface area contributed by atoms with Crippen molar-refractivity contribution in [3.05, 3.63) is 24.3 Å². The highest BCUT2D eigenvalue weighted by Crippen LogP contribution is 1.86. The van der Waals surface area contributed by atoms with Crippen molar-refractivity contribution in [3.63, 3.8) is 0 Å². The number of hydrogen-bond acceptors (Lipinski definition) is 1. The predicted molar refractivity (Wildman–Crippen MR) is 51.7 cm³/mol. The third-order valence-electron chi connectivity index (χ3n) is 1.41. The second-order valence-corrected chi connectivity index (χ2v) is 2.57. The van der Waals surface area contributed by atoms with E-state index in [-0.39, 0.29) is 0 Å². The van der Waals surface area contributed by atoms with Gasteiger partial charge in [-0.3, -0.25) is 0 Å². The summed E-state index contributed by atoms with van der Waals surface area (Å²) in [4.78, 5) is 0. The largest absolute Gasteiger partial charge is 0.311 e. The van der Waals surface area contributed by atoms with Crippen molar-refractivity contribution in [2.24, 2.45) is 0 Å². The average molecular weight is 153 g/mol. The molecular formula is C10H19N. The molecule has 1 atom stereocenters. The molecule has 64 valence electrons. The van der Waals surface area contributed by atoms with Gasteiger partial charge in [-0.15, -0.1) is 0 Å². The van der Waals surface area contributed by atoms with Crippen LogP contribution >= 0.6 is 0 Å². The van der Waals surface area contributed by atoms with Crippen LogP contribution in [0.25, 0.3) is 0 Å². The van der Waals surface area contributed by atoms with Crippen LogP contribution in [0.1, 0.15) is 27.2 Å². The monoisotopic (exact) mass is 153 g/mol. The third-order valence-corrected chi connectivity index (χ3v) is 1.41. The summed E-state index contributed by atoms with van der Waals surface area (Å²) in [7, 11) is 0. The minimum absolute atomic E-state index is 0.488. The lowest BCUT2D eigenvalue weighted by Crippen LogP contribution is -2.22. The van der Waals surface area contributed by atoms with Crippen LogP contribution in [0.3, 0.4) is 0 Å². The Labute approximate surface area is 70.2 Å². The van der Waals surface area contributed by atoms with Crippen LogP contribution in [0.4, 0.5) is 0 Å². The smallest absolute Gasteiger partial charge is 0.0224 e. The summed E-state index contributed by atoms with van der Waals surface area (Å²) in [6, 6.07) is 0.488. The molecule has 0 bridgehead atoms. The Bertz CT molecular complexity index is 125. The highest BCUT2D eigenvalue weighted by Gasteiger charge is 1.88. The molecule has 1 nitrogen and oxygen atoms in total. The summed E-state index contributed by atoms with van der Waals surface area (Å²) < 4.78 is 0. The minimum atomic E-state index is 0.488. The highest BCUT2D eigenvalue weighted by atomic mass is 14.9. The lowest BCUT2D eigenvalue weighted by Gasteiger charge is -2.04. The Morgan fingerprint density at radius 2 is 2.00 bits per heavy atom. The van der Waals surface area contributed by atoms with E-state index in [4.69, 9.17) is 0 Å². The van der Waals surface area contributed by atoms with Crippen molar-refractivity contribution >= 4 is 0 Å². The van der Waals surface area contributed by atoms with E-state index in [0.29, 0.717) is 6.04 Å². The first-order chi connectivity index (χ1) is 5.31. The Kier molecular flexibility index (Phi) is 7.16. The first-order valence-electron chi connectivity index (χ1n) is 4.38. The maximum atomic E-state index is 3.30. The Morgan fingerprint density at radius 3 is 2.55 bits per heavy atom. The molecule has 0 fully saturated rings. The molecule has 1 N–H and O–H groups in total. The van der Waals surface area contributed by atoms with Gasteiger partial charge in [0.05, 0.1) is 0 Å². The summed E-state index contributed by atoms with van der Waals surface area (Å²) in [5, 5.41) is 3.30. The van der Waals surface area contributed by atoms with Crippen LogP contribution < -0.4 is 5.32 Å². The molecule has 11 heavy (non-hydrogen) atoms. The van der Waals surface area contributed by atoms with Gasteiger partial charge in [-0.05, 0) is 19.9 Å². The van der Waals surface area contributed by atoms with Crippen molar-refractivity contribution in [2.75, 3.05) is 6.54 Å². The first-order valence-corrected chi connectivity index (χ1v) is 4.38. The minimum Gasteiger partial charge on any atom is -0.311 e. The quantitative estimate of drug-likeness (QED) is 0.598. The number of hydrogen-bond donors (Lipinski definition) is 1. The van der Waals surface area contributed by atoms with Gasteiger partial charge in [0.25, 0.3) is 0 Å². The fourth-order valence-electron chi connectivity index (χ4n) is 0.835. The molecule has 0 saturated heterocycles. The summed E-state index contributed by atoms with van der Waals surface area (Å²) in [5.41, 5.74) is 0. The van der Waals surface area contributed by atoms with Crippen LogP contribution in [0, 0.1) is 0 Å². The normalized spacial score (nSPS) is 14.8. The Hall–Kier alpha value is -0.560. The van der Waals surface area contributed by atoms with Crippen LogP contribution in [0.5, 0.6) is 0 Å². The van der Waals surface area contributed by atoms with Gasteiger partial charge in [0.1, 0.15) is 0 Å². The zero-order chi connectivity index (χ0) is 8.53. The molecular weight excluding hydrogens is 134 g/mol. The summed E-state index contributed by atoms with van der Waals surface area (Å²) in [6.07, 6.45) is 9.61. The highest BCUT2D eigenvalue weighted by molar-refractivity contribution is 5.05. The van der Waals surface area contributed by atoms with Crippen LogP contribution in [-0.4, -0.2) is 12.6 Å². The molecule has 0 radical (unpaired) electrons. The van der Waals surface area contributed by atoms with Crippen molar-refractivity contribution < 1.29 is 0 Å². The second kappa shape index (κ2) is 7.55. The lowest BCUT2D eigenvalue weighted by atomic mass is 10.3. The molecule has 1 heteroatoms. The average Bonchev–Trinajstić information content (AvgIpc) is 1.99. The van der Waals surface area contributed by atoms with Crippen molar-refractivity contribution in [3.8, 4) is 0 Å². The molecule has 0 rings (SSSR count). The fraction of sp³-hybridized carbons (Fsp3) is 0.600. The van der Waals surface area contributed by atoms with Crippen LogP contribution in [0.15, 0.2) is 24.3 Å². The van der Waals surface area contributed by atoms with Gasteiger partial charge in [0, 0.05) is 6.04 Å². The molecule has 0 aromatic heterocycles. The lowest BCUT2D eigenvalue weighted by molar-refractivity contribution is 0.661. The summed E-state index contributed by atoms with van der Waals surface area (Å²) in [5.74, 6) is 0. The van der Waals surface area contributed by atoms with Gasteiger partial charge in [0.15, 0.2) is 0 Å². The van der Waals surface area contributed by atoms with Crippen molar-refractivity contribution in [2.45, 2.75) is 33.2 Å². The number of likely N-dealkylation sites (N-methyl/N-ethyl adjacent to an activating group) is 1. The molecule has 0 spiro atoms. The van der Waals surface area contributed by atoms with Crippen molar-refractivity contribution in [1.82, 2.24) is 5.32 Å². The van der Waals surface area contributed by atoms with Gasteiger partial charge in [-0.25, -0.2) is 0 Å². The van der Waals surface area contributed by atoms with E-state index < -0.39 is 0 Å². The van der Waals surface area contributed by atoms with E-state index in [2.05, 4.69) is 50.4 Å². The van der Waals surface area contributed by atoms with Gasteiger partial charge in [-0.2, -0.15) is 0 Å². The van der Waals surface area contributed by atoms with E-state index in [1.54, 1.807) is 0 Å². The zero-order valence-electron chi connectivity index (χ0n) is 7.80. The van der Waals surface area contributed by atoms with E-state index in [0.717, 1.165) is 13.0 Å². The summed E-state index contributed by atoms with van der Waals surface area (Å²) >= 11 is 0. The molecule has 0 saturated carbocycles. The van der Waals surface area contributed by atoms with Crippen LogP contribution in [-0.2, 0) is 0 Å². The molecule has 0 aromatic rings. The molecule has 1 unspecified atom stereocenters.